The van der Waals surface area contributed by atoms with E-state index in [9.17, 15) is 14.1 Å². The maximum atomic E-state index is 13.7. The van der Waals surface area contributed by atoms with E-state index >= 15 is 0 Å². The topological polar surface area (TPSA) is 104 Å². The molecular weight excluding hydrogens is 564 g/mol. The van der Waals surface area contributed by atoms with Crippen LogP contribution in [0.15, 0.2) is 48.5 Å². The first kappa shape index (κ1) is 30.7. The Labute approximate surface area is 255 Å². The van der Waals surface area contributed by atoms with Crippen molar-refractivity contribution < 1.29 is 23.6 Å². The SMILES string of the molecule is CN(C)CC#Cc1cccc(-c2nc(C(=O)NCc3ccc4c(c3)OCO4)cc3c2C(CCO)N([S@](=O)C(C)(C)C)C3)c1. The van der Waals surface area contributed by atoms with Gasteiger partial charge in [0, 0.05) is 36.4 Å². The van der Waals surface area contributed by atoms with Gasteiger partial charge in [0.2, 0.25) is 6.79 Å². The Kier molecular flexibility index (Phi) is 9.18. The summed E-state index contributed by atoms with van der Waals surface area (Å²) in [6.45, 7) is 7.21. The number of amides is 1. The standard InChI is InChI=1S/C33H38N4O5S/c1-33(2,3)43(40)37-20-25-18-26(32(39)34-19-23-11-12-28-29(17-23)42-21-41-28)35-31(30(25)27(37)13-15-38)24-10-6-8-22(16-24)9-7-14-36(4)5/h6,8,10-12,16-18,27,38H,13-15,19-21H2,1-5H3,(H,34,39)/t27?,43-/m1/s1. The Morgan fingerprint density at radius 3 is 2.70 bits per heavy atom. The molecule has 0 fully saturated rings. The zero-order chi connectivity index (χ0) is 30.7. The normalized spacial score (nSPS) is 16.5. The molecule has 2 aliphatic rings. The minimum Gasteiger partial charge on any atom is -0.454 e. The number of pyridine rings is 1. The van der Waals surface area contributed by atoms with Crippen molar-refractivity contribution in [2.75, 3.05) is 34.0 Å². The fraction of sp³-hybridized carbons (Fsp3) is 0.394. The van der Waals surface area contributed by atoms with Crippen molar-refractivity contribution in [1.82, 2.24) is 19.5 Å². The fourth-order valence-corrected chi connectivity index (χ4v) is 6.58. The molecule has 226 valence electrons. The maximum absolute atomic E-state index is 13.7. The molecular formula is C33H38N4O5S. The summed E-state index contributed by atoms with van der Waals surface area (Å²) < 4.78 is 25.9. The Hall–Kier alpha value is -3.75. The molecule has 2 N–H and O–H groups in total. The number of rotatable bonds is 8. The minimum atomic E-state index is -1.35. The number of hydrogen-bond donors (Lipinski definition) is 2. The summed E-state index contributed by atoms with van der Waals surface area (Å²) in [5.41, 5.74) is 5.18. The van der Waals surface area contributed by atoms with E-state index in [0.29, 0.717) is 36.7 Å². The number of carbonyl (C=O) groups excluding carboxylic acids is 1. The van der Waals surface area contributed by atoms with Crippen molar-refractivity contribution in [2.24, 2.45) is 0 Å². The molecule has 0 spiro atoms. The van der Waals surface area contributed by atoms with E-state index in [0.717, 1.165) is 27.8 Å². The molecule has 0 saturated carbocycles. The number of ether oxygens (including phenoxy) is 2. The van der Waals surface area contributed by atoms with Crippen molar-refractivity contribution >= 4 is 16.9 Å². The number of aliphatic hydroxyl groups is 1. The molecule has 5 rings (SSSR count). The van der Waals surface area contributed by atoms with E-state index in [4.69, 9.17) is 14.5 Å². The molecule has 0 aliphatic carbocycles. The smallest absolute Gasteiger partial charge is 0.270 e. The van der Waals surface area contributed by atoms with E-state index in [2.05, 4.69) is 17.2 Å². The summed E-state index contributed by atoms with van der Waals surface area (Å²) in [5.74, 6) is 7.40. The lowest BCUT2D eigenvalue weighted by Crippen LogP contribution is -2.36. The third kappa shape index (κ3) is 6.92. The second-order valence-electron chi connectivity index (χ2n) is 11.9. The monoisotopic (exact) mass is 602 g/mol. The number of aliphatic hydroxyl groups excluding tert-OH is 1. The second-order valence-corrected chi connectivity index (χ2v) is 14.1. The summed E-state index contributed by atoms with van der Waals surface area (Å²) >= 11 is 0. The van der Waals surface area contributed by atoms with Gasteiger partial charge in [-0.15, -0.1) is 0 Å². The van der Waals surface area contributed by atoms with Crippen molar-refractivity contribution in [3.05, 3.63) is 76.5 Å². The molecule has 1 unspecified atom stereocenters. The van der Waals surface area contributed by atoms with Gasteiger partial charge in [-0.3, -0.25) is 9.69 Å². The molecule has 10 heteroatoms. The summed E-state index contributed by atoms with van der Waals surface area (Å²) in [4.78, 5) is 20.4. The van der Waals surface area contributed by atoms with Crippen molar-refractivity contribution in [3.8, 4) is 34.6 Å². The molecule has 2 aliphatic heterocycles. The molecule has 0 bridgehead atoms. The summed E-state index contributed by atoms with van der Waals surface area (Å²) in [6.07, 6.45) is 0.390. The Morgan fingerprint density at radius 2 is 1.95 bits per heavy atom. The third-order valence-corrected chi connectivity index (χ3v) is 9.03. The average molecular weight is 603 g/mol. The van der Waals surface area contributed by atoms with E-state index in [-0.39, 0.29) is 37.6 Å². The van der Waals surface area contributed by atoms with Crippen LogP contribution in [0, 0.1) is 11.8 Å². The third-order valence-electron chi connectivity index (χ3n) is 7.18. The van der Waals surface area contributed by atoms with Crippen LogP contribution in [-0.4, -0.2) is 68.2 Å². The predicted molar refractivity (Wildman–Crippen MR) is 167 cm³/mol. The number of hydrogen-bond acceptors (Lipinski definition) is 7. The molecule has 0 radical (unpaired) electrons. The lowest BCUT2D eigenvalue weighted by Gasteiger charge is -2.30. The van der Waals surface area contributed by atoms with Gasteiger partial charge in [0.05, 0.1) is 23.0 Å². The number of nitrogens with zero attached hydrogens (tertiary/aromatic N) is 3. The van der Waals surface area contributed by atoms with Crippen molar-refractivity contribution in [3.63, 3.8) is 0 Å². The highest BCUT2D eigenvalue weighted by atomic mass is 32.2. The Bertz CT molecular complexity index is 1600. The molecule has 3 heterocycles. The zero-order valence-electron chi connectivity index (χ0n) is 25.3. The van der Waals surface area contributed by atoms with E-state index < -0.39 is 15.7 Å². The molecule has 2 aromatic carbocycles. The minimum absolute atomic E-state index is 0.0742. The van der Waals surface area contributed by atoms with Crippen LogP contribution in [0.5, 0.6) is 11.5 Å². The highest BCUT2D eigenvalue weighted by molar-refractivity contribution is 7.84. The molecule has 1 aromatic heterocycles. The van der Waals surface area contributed by atoms with Crippen LogP contribution < -0.4 is 14.8 Å². The largest absolute Gasteiger partial charge is 0.454 e. The summed E-state index contributed by atoms with van der Waals surface area (Å²) in [7, 11) is 2.59. The predicted octanol–water partition coefficient (Wildman–Crippen LogP) is 4.02. The first-order valence-electron chi connectivity index (χ1n) is 14.3. The van der Waals surface area contributed by atoms with Gasteiger partial charge in [-0.1, -0.05) is 30.0 Å². The van der Waals surface area contributed by atoms with E-state index in [1.807, 2.05) is 86.5 Å². The molecule has 0 saturated heterocycles. The van der Waals surface area contributed by atoms with Crippen molar-refractivity contribution in [1.29, 1.82) is 0 Å². The summed E-state index contributed by atoms with van der Waals surface area (Å²) in [6, 6.07) is 14.8. The van der Waals surface area contributed by atoms with Gasteiger partial charge in [-0.25, -0.2) is 13.5 Å². The van der Waals surface area contributed by atoms with Crippen LogP contribution in [0.1, 0.15) is 66.0 Å². The zero-order valence-corrected chi connectivity index (χ0v) is 26.1. The lowest BCUT2D eigenvalue weighted by atomic mass is 9.95. The number of nitrogens with one attached hydrogen (secondary N) is 1. The van der Waals surface area contributed by atoms with Gasteiger partial charge in [0.25, 0.3) is 5.91 Å². The molecule has 43 heavy (non-hydrogen) atoms. The van der Waals surface area contributed by atoms with E-state index in [1.54, 1.807) is 6.07 Å². The number of fused-ring (bicyclic) bond motifs is 2. The number of carbonyl (C=O) groups is 1. The highest BCUT2D eigenvalue weighted by Gasteiger charge is 2.40. The molecule has 1 amide bonds. The molecule has 2 atom stereocenters. The maximum Gasteiger partial charge on any atom is 0.270 e. The quantitative estimate of drug-likeness (QED) is 0.376. The lowest BCUT2D eigenvalue weighted by molar-refractivity contribution is 0.0945. The number of benzene rings is 2. The van der Waals surface area contributed by atoms with E-state index in [1.165, 1.54) is 0 Å². The van der Waals surface area contributed by atoms with Gasteiger partial charge in [0.1, 0.15) is 16.7 Å². The first-order valence-corrected chi connectivity index (χ1v) is 15.4. The van der Waals surface area contributed by atoms with Gasteiger partial charge < -0.3 is 19.9 Å². The Morgan fingerprint density at radius 1 is 1.16 bits per heavy atom. The van der Waals surface area contributed by atoms with Crippen LogP contribution in [0.2, 0.25) is 0 Å². The average Bonchev–Trinajstić information content (AvgIpc) is 3.59. The van der Waals surface area contributed by atoms with Gasteiger partial charge in [-0.2, -0.15) is 0 Å². The van der Waals surface area contributed by atoms with Gasteiger partial charge in [-0.05, 0) is 82.7 Å². The van der Waals surface area contributed by atoms with Crippen molar-refractivity contribution in [2.45, 2.75) is 51.1 Å². The van der Waals surface area contributed by atoms with Crippen LogP contribution in [0.4, 0.5) is 0 Å². The fourth-order valence-electron chi connectivity index (χ4n) is 5.17. The first-order chi connectivity index (χ1) is 20.5. The van der Waals surface area contributed by atoms with Gasteiger partial charge in [0.15, 0.2) is 11.5 Å². The summed E-state index contributed by atoms with van der Waals surface area (Å²) in [5, 5.41) is 13.0. The van der Waals surface area contributed by atoms with Gasteiger partial charge >= 0.3 is 0 Å². The Balaban J connectivity index is 1.53. The van der Waals surface area contributed by atoms with Crippen LogP contribution in [0.3, 0.4) is 0 Å². The van der Waals surface area contributed by atoms with Crippen LogP contribution in [0.25, 0.3) is 11.3 Å². The second kappa shape index (κ2) is 12.9. The molecule has 3 aromatic rings. The number of aromatic nitrogens is 1. The van der Waals surface area contributed by atoms with Crippen LogP contribution in [-0.2, 0) is 24.1 Å². The highest BCUT2D eigenvalue weighted by Crippen LogP contribution is 2.44. The van der Waals surface area contributed by atoms with Crippen LogP contribution >= 0.6 is 0 Å². The molecule has 9 nitrogen and oxygen atoms in total.